The van der Waals surface area contributed by atoms with Crippen LogP contribution in [0.1, 0.15) is 36.0 Å². The van der Waals surface area contributed by atoms with Crippen molar-refractivity contribution in [2.75, 3.05) is 18.0 Å². The van der Waals surface area contributed by atoms with Crippen molar-refractivity contribution in [3.05, 3.63) is 28.2 Å². The average molecular weight is 338 g/mol. The van der Waals surface area contributed by atoms with Gasteiger partial charge in [-0.15, -0.1) is 0 Å². The third-order valence-electron chi connectivity index (χ3n) is 4.12. The van der Waals surface area contributed by atoms with Gasteiger partial charge in [0.05, 0.1) is 5.56 Å². The number of benzene rings is 1. The Bertz CT molecular complexity index is 510. The number of nitrogens with two attached hydrogens (primary N) is 1. The zero-order valence-corrected chi connectivity index (χ0v) is 13.0. The van der Waals surface area contributed by atoms with Gasteiger partial charge < -0.3 is 16.0 Å². The summed E-state index contributed by atoms with van der Waals surface area (Å²) in [6.45, 7) is 2.18. The monoisotopic (exact) mass is 337 g/mol. The van der Waals surface area contributed by atoms with Crippen LogP contribution < -0.4 is 16.0 Å². The Balaban J connectivity index is 1.80. The molecule has 1 amide bonds. The zero-order chi connectivity index (χ0) is 14.1. The number of anilines is 1. The quantitative estimate of drug-likeness (QED) is 0.866. The minimum Gasteiger partial charge on any atom is -0.367 e. The maximum Gasteiger partial charge on any atom is 0.249 e. The van der Waals surface area contributed by atoms with Gasteiger partial charge in [-0.05, 0) is 66.4 Å². The topological polar surface area (TPSA) is 58.4 Å². The summed E-state index contributed by atoms with van der Waals surface area (Å²) in [5.41, 5.74) is 7.08. The highest BCUT2D eigenvalue weighted by atomic mass is 79.9. The van der Waals surface area contributed by atoms with E-state index in [1.165, 1.54) is 31.4 Å². The number of hydrogen-bond donors (Lipinski definition) is 2. The number of halogens is 1. The first-order chi connectivity index (χ1) is 9.65. The van der Waals surface area contributed by atoms with Gasteiger partial charge in [0.15, 0.2) is 0 Å². The summed E-state index contributed by atoms with van der Waals surface area (Å²) in [5.74, 6) is -0.390. The molecular formula is C15H20BrN3O. The first kappa shape index (κ1) is 13.9. The Morgan fingerprint density at radius 1 is 1.40 bits per heavy atom. The minimum absolute atomic E-state index is 0.390. The number of amides is 1. The van der Waals surface area contributed by atoms with E-state index in [-0.39, 0.29) is 5.91 Å². The standard InChI is InChI=1S/C15H20BrN3O/c16-14-8-12(5-6-13(14)15(17)20)19(11-3-4-11)9-10-2-1-7-18-10/h5-6,8,10-11,18H,1-4,7,9H2,(H2,17,20). The number of primary amides is 1. The van der Waals surface area contributed by atoms with Gasteiger partial charge in [0.25, 0.3) is 0 Å². The maximum absolute atomic E-state index is 11.3. The fourth-order valence-electron chi connectivity index (χ4n) is 2.88. The lowest BCUT2D eigenvalue weighted by Crippen LogP contribution is -2.39. The molecule has 1 unspecified atom stereocenters. The van der Waals surface area contributed by atoms with E-state index in [1.54, 1.807) is 0 Å². The highest BCUT2D eigenvalue weighted by Crippen LogP contribution is 2.34. The van der Waals surface area contributed by atoms with Gasteiger partial charge in [0.2, 0.25) is 5.91 Å². The molecule has 4 nitrogen and oxygen atoms in total. The smallest absolute Gasteiger partial charge is 0.249 e. The van der Waals surface area contributed by atoms with E-state index in [0.29, 0.717) is 17.6 Å². The molecular weight excluding hydrogens is 318 g/mol. The minimum atomic E-state index is -0.390. The summed E-state index contributed by atoms with van der Waals surface area (Å²) >= 11 is 3.46. The molecule has 1 aliphatic heterocycles. The lowest BCUT2D eigenvalue weighted by molar-refractivity contribution is 0.0999. The molecule has 2 aliphatic rings. The molecule has 0 spiro atoms. The van der Waals surface area contributed by atoms with Crippen LogP contribution in [-0.4, -0.2) is 31.1 Å². The van der Waals surface area contributed by atoms with Crippen LogP contribution in [0, 0.1) is 0 Å². The fourth-order valence-corrected chi connectivity index (χ4v) is 3.45. The molecule has 1 atom stereocenters. The Morgan fingerprint density at radius 3 is 2.75 bits per heavy atom. The van der Waals surface area contributed by atoms with Gasteiger partial charge in [-0.25, -0.2) is 0 Å². The number of nitrogens with zero attached hydrogens (tertiary/aromatic N) is 1. The van der Waals surface area contributed by atoms with Crippen LogP contribution in [0.3, 0.4) is 0 Å². The van der Waals surface area contributed by atoms with Crippen LogP contribution in [0.2, 0.25) is 0 Å². The van der Waals surface area contributed by atoms with Gasteiger partial charge in [0, 0.05) is 28.8 Å². The second-order valence-electron chi connectivity index (χ2n) is 5.71. The van der Waals surface area contributed by atoms with Crippen molar-refractivity contribution in [3.8, 4) is 0 Å². The van der Waals surface area contributed by atoms with Gasteiger partial charge >= 0.3 is 0 Å². The molecule has 1 saturated carbocycles. The van der Waals surface area contributed by atoms with Gasteiger partial charge in [-0.2, -0.15) is 0 Å². The van der Waals surface area contributed by atoms with E-state index in [4.69, 9.17) is 5.73 Å². The lowest BCUT2D eigenvalue weighted by Gasteiger charge is -2.28. The van der Waals surface area contributed by atoms with E-state index in [9.17, 15) is 4.79 Å². The highest BCUT2D eigenvalue weighted by Gasteiger charge is 2.31. The molecule has 0 radical (unpaired) electrons. The maximum atomic E-state index is 11.3. The molecule has 1 aromatic carbocycles. The Hall–Kier alpha value is -1.07. The summed E-state index contributed by atoms with van der Waals surface area (Å²) in [6, 6.07) is 7.10. The van der Waals surface area contributed by atoms with Crippen LogP contribution in [-0.2, 0) is 0 Å². The van der Waals surface area contributed by atoms with Gasteiger partial charge in [-0.3, -0.25) is 4.79 Å². The molecule has 3 rings (SSSR count). The number of hydrogen-bond acceptors (Lipinski definition) is 3. The molecule has 20 heavy (non-hydrogen) atoms. The summed E-state index contributed by atoms with van der Waals surface area (Å²) < 4.78 is 0.785. The van der Waals surface area contributed by atoms with Crippen molar-refractivity contribution in [2.24, 2.45) is 5.73 Å². The predicted molar refractivity (Wildman–Crippen MR) is 84.1 cm³/mol. The predicted octanol–water partition coefficient (Wildman–Crippen LogP) is 2.27. The largest absolute Gasteiger partial charge is 0.367 e. The van der Waals surface area contributed by atoms with Crippen LogP contribution in [0.15, 0.2) is 22.7 Å². The molecule has 1 aliphatic carbocycles. The normalized spacial score (nSPS) is 21.9. The molecule has 5 heteroatoms. The van der Waals surface area contributed by atoms with E-state index in [0.717, 1.165) is 17.6 Å². The third-order valence-corrected chi connectivity index (χ3v) is 4.77. The summed E-state index contributed by atoms with van der Waals surface area (Å²) in [4.78, 5) is 13.8. The second kappa shape index (κ2) is 5.74. The van der Waals surface area contributed by atoms with Crippen molar-refractivity contribution in [1.82, 2.24) is 5.32 Å². The molecule has 0 bridgehead atoms. The SMILES string of the molecule is NC(=O)c1ccc(N(CC2CCCN2)C2CC2)cc1Br. The average Bonchev–Trinajstić information content (AvgIpc) is 3.12. The first-order valence-corrected chi connectivity index (χ1v) is 8.04. The number of carbonyl (C=O) groups is 1. The number of nitrogens with one attached hydrogen (secondary N) is 1. The summed E-state index contributed by atoms with van der Waals surface area (Å²) in [6.07, 6.45) is 5.06. The van der Waals surface area contributed by atoms with Crippen LogP contribution in [0.25, 0.3) is 0 Å². The molecule has 3 N–H and O–H groups in total. The highest BCUT2D eigenvalue weighted by molar-refractivity contribution is 9.10. The van der Waals surface area contributed by atoms with Crippen LogP contribution >= 0.6 is 15.9 Å². The Morgan fingerprint density at radius 2 is 2.20 bits per heavy atom. The summed E-state index contributed by atoms with van der Waals surface area (Å²) in [5, 5.41) is 3.56. The van der Waals surface area contributed by atoms with E-state index in [1.807, 2.05) is 18.2 Å². The van der Waals surface area contributed by atoms with Crippen molar-refractivity contribution < 1.29 is 4.79 Å². The molecule has 1 heterocycles. The Kier molecular flexibility index (Phi) is 3.98. The first-order valence-electron chi connectivity index (χ1n) is 7.24. The zero-order valence-electron chi connectivity index (χ0n) is 11.4. The van der Waals surface area contributed by atoms with E-state index < -0.39 is 0 Å². The molecule has 2 fully saturated rings. The third kappa shape index (κ3) is 2.99. The molecule has 108 valence electrons. The second-order valence-corrected chi connectivity index (χ2v) is 6.56. The van der Waals surface area contributed by atoms with Crippen molar-refractivity contribution in [2.45, 2.75) is 37.8 Å². The van der Waals surface area contributed by atoms with E-state index in [2.05, 4.69) is 26.1 Å². The van der Waals surface area contributed by atoms with Crippen molar-refractivity contribution >= 4 is 27.5 Å². The number of carbonyl (C=O) groups excluding carboxylic acids is 1. The van der Waals surface area contributed by atoms with Crippen molar-refractivity contribution in [3.63, 3.8) is 0 Å². The molecule has 1 saturated heterocycles. The van der Waals surface area contributed by atoms with Crippen LogP contribution in [0.5, 0.6) is 0 Å². The van der Waals surface area contributed by atoms with Crippen molar-refractivity contribution in [1.29, 1.82) is 0 Å². The number of rotatable bonds is 5. The molecule has 1 aromatic rings. The Labute approximate surface area is 127 Å². The fraction of sp³-hybridized carbons (Fsp3) is 0.533. The van der Waals surface area contributed by atoms with Gasteiger partial charge in [-0.1, -0.05) is 0 Å². The molecule has 0 aromatic heterocycles. The van der Waals surface area contributed by atoms with Crippen LogP contribution in [0.4, 0.5) is 5.69 Å². The lowest BCUT2D eigenvalue weighted by atomic mass is 10.1. The summed E-state index contributed by atoms with van der Waals surface area (Å²) in [7, 11) is 0. The van der Waals surface area contributed by atoms with E-state index >= 15 is 0 Å². The van der Waals surface area contributed by atoms with Gasteiger partial charge in [0.1, 0.15) is 0 Å².